The molecule has 0 unspecified atom stereocenters. The molecule has 2 aromatic rings. The fraction of sp³-hybridized carbons (Fsp3) is 0.500. The molecule has 1 amide bonds. The van der Waals surface area contributed by atoms with E-state index in [9.17, 15) is 4.79 Å². The molecule has 0 aliphatic carbocycles. The van der Waals surface area contributed by atoms with Crippen LogP contribution in [0.2, 0.25) is 5.02 Å². The minimum Gasteiger partial charge on any atom is -0.379 e. The molecule has 0 spiro atoms. The molecule has 0 aromatic carbocycles. The summed E-state index contributed by atoms with van der Waals surface area (Å²) in [6, 6.07) is 2.10. The van der Waals surface area contributed by atoms with E-state index in [1.807, 2.05) is 12.3 Å². The van der Waals surface area contributed by atoms with Gasteiger partial charge in [0.25, 0.3) is 0 Å². The third-order valence-electron chi connectivity index (χ3n) is 5.06. The number of hydrogen-bond acceptors (Lipinski definition) is 5. The van der Waals surface area contributed by atoms with Crippen LogP contribution in [0.15, 0.2) is 30.9 Å². The molecule has 0 saturated carbocycles. The molecule has 7 nitrogen and oxygen atoms in total. The molecule has 1 atom stereocenters. The molecule has 0 radical (unpaired) electrons. The molecule has 2 aromatic heterocycles. The Morgan fingerprint density at radius 2 is 2.08 bits per heavy atom. The minimum absolute atomic E-state index is 0.0612. The Morgan fingerprint density at radius 1 is 1.23 bits per heavy atom. The highest BCUT2D eigenvalue weighted by Gasteiger charge is 2.28. The quantitative estimate of drug-likeness (QED) is 0.885. The van der Waals surface area contributed by atoms with Crippen molar-refractivity contribution in [2.24, 2.45) is 5.92 Å². The van der Waals surface area contributed by atoms with Crippen molar-refractivity contribution in [1.29, 1.82) is 0 Å². The molecule has 4 rings (SSSR count). The summed E-state index contributed by atoms with van der Waals surface area (Å²) in [6.45, 7) is 3.00. The molecular formula is C18H22ClN5O2. The molecular weight excluding hydrogens is 354 g/mol. The van der Waals surface area contributed by atoms with Crippen LogP contribution in [0.25, 0.3) is 5.69 Å². The van der Waals surface area contributed by atoms with Crippen LogP contribution in [0.3, 0.4) is 0 Å². The summed E-state index contributed by atoms with van der Waals surface area (Å²) < 4.78 is 7.09. The number of hydrogen-bond donors (Lipinski definition) is 1. The maximum absolute atomic E-state index is 12.5. The van der Waals surface area contributed by atoms with Crippen molar-refractivity contribution in [2.45, 2.75) is 25.3 Å². The van der Waals surface area contributed by atoms with Crippen molar-refractivity contribution < 1.29 is 9.53 Å². The number of nitrogens with zero attached hydrogens (tertiary/aromatic N) is 4. The van der Waals surface area contributed by atoms with Crippen molar-refractivity contribution in [1.82, 2.24) is 20.1 Å². The largest absolute Gasteiger partial charge is 0.379 e. The molecule has 0 bridgehead atoms. The Balaban J connectivity index is 1.41. The number of aromatic nitrogens is 3. The van der Waals surface area contributed by atoms with E-state index >= 15 is 0 Å². The molecule has 2 aliphatic rings. The van der Waals surface area contributed by atoms with Crippen molar-refractivity contribution in [3.05, 3.63) is 35.9 Å². The molecule has 26 heavy (non-hydrogen) atoms. The van der Waals surface area contributed by atoms with Gasteiger partial charge in [0, 0.05) is 38.0 Å². The van der Waals surface area contributed by atoms with Gasteiger partial charge in [0.2, 0.25) is 5.91 Å². The highest BCUT2D eigenvalue weighted by atomic mass is 35.5. The number of ether oxygens (including phenoxy) is 1. The van der Waals surface area contributed by atoms with E-state index in [0.29, 0.717) is 11.6 Å². The van der Waals surface area contributed by atoms with Crippen molar-refractivity contribution >= 4 is 23.2 Å². The van der Waals surface area contributed by atoms with Gasteiger partial charge < -0.3 is 15.0 Å². The van der Waals surface area contributed by atoms with Gasteiger partial charge in [-0.2, -0.15) is 5.10 Å². The van der Waals surface area contributed by atoms with E-state index in [-0.39, 0.29) is 17.9 Å². The first-order valence-electron chi connectivity index (χ1n) is 8.98. The third-order valence-corrected chi connectivity index (χ3v) is 5.25. The number of anilines is 1. The Labute approximate surface area is 157 Å². The third kappa shape index (κ3) is 3.68. The van der Waals surface area contributed by atoms with E-state index in [2.05, 4.69) is 20.3 Å². The number of amides is 1. The second-order valence-corrected chi connectivity index (χ2v) is 7.23. The molecule has 1 N–H and O–H groups in total. The molecule has 2 saturated heterocycles. The van der Waals surface area contributed by atoms with Crippen LogP contribution < -0.4 is 10.2 Å². The molecule has 4 heterocycles. The van der Waals surface area contributed by atoms with Gasteiger partial charge in [-0.05, 0) is 25.3 Å². The topological polar surface area (TPSA) is 72.3 Å². The molecule has 2 aliphatic heterocycles. The highest BCUT2D eigenvalue weighted by molar-refractivity contribution is 6.30. The first-order chi connectivity index (χ1) is 12.7. The average molecular weight is 376 g/mol. The normalized spacial score (nSPS) is 21.1. The summed E-state index contributed by atoms with van der Waals surface area (Å²) >= 11 is 6.01. The van der Waals surface area contributed by atoms with E-state index in [4.69, 9.17) is 16.3 Å². The fourth-order valence-corrected chi connectivity index (χ4v) is 3.73. The standard InChI is InChI=1S/C18H22ClN5O2/c19-14-9-21-24(11-14)16-1-5-20-10-17(16)23-6-2-13(3-7-23)18(25)22-15-4-8-26-12-15/h1,5,9-11,13,15H,2-4,6-8,12H2,(H,22,25)/t15-/m0/s1. The first-order valence-corrected chi connectivity index (χ1v) is 9.36. The van der Waals surface area contributed by atoms with Gasteiger partial charge in [0.1, 0.15) is 0 Å². The van der Waals surface area contributed by atoms with Crippen LogP contribution in [0.5, 0.6) is 0 Å². The Bertz CT molecular complexity index is 766. The van der Waals surface area contributed by atoms with Gasteiger partial charge in [-0.15, -0.1) is 0 Å². The number of pyridine rings is 1. The lowest BCUT2D eigenvalue weighted by atomic mass is 9.95. The van der Waals surface area contributed by atoms with Gasteiger partial charge in [0.05, 0.1) is 41.4 Å². The smallest absolute Gasteiger partial charge is 0.223 e. The van der Waals surface area contributed by atoms with Gasteiger partial charge in [-0.3, -0.25) is 9.78 Å². The van der Waals surface area contributed by atoms with E-state index in [1.54, 1.807) is 23.3 Å². The van der Waals surface area contributed by atoms with Crippen molar-refractivity contribution in [3.8, 4) is 5.69 Å². The van der Waals surface area contributed by atoms with Gasteiger partial charge in [-0.1, -0.05) is 11.6 Å². The summed E-state index contributed by atoms with van der Waals surface area (Å²) in [5.74, 6) is 0.219. The number of piperidine rings is 1. The van der Waals surface area contributed by atoms with Gasteiger partial charge in [-0.25, -0.2) is 4.68 Å². The molecule has 2 fully saturated rings. The summed E-state index contributed by atoms with van der Waals surface area (Å²) in [5, 5.41) is 8.01. The zero-order valence-electron chi connectivity index (χ0n) is 14.5. The Kier molecular flexibility index (Phi) is 5.08. The van der Waals surface area contributed by atoms with Gasteiger partial charge >= 0.3 is 0 Å². The lowest BCUT2D eigenvalue weighted by Crippen LogP contribution is -2.44. The monoisotopic (exact) mass is 375 g/mol. The summed E-state index contributed by atoms with van der Waals surface area (Å²) in [5.41, 5.74) is 1.95. The molecule has 8 heteroatoms. The van der Waals surface area contributed by atoms with Crippen molar-refractivity contribution in [3.63, 3.8) is 0 Å². The summed E-state index contributed by atoms with van der Waals surface area (Å²) in [7, 11) is 0. The fourth-order valence-electron chi connectivity index (χ4n) is 3.60. The molecule has 138 valence electrons. The van der Waals surface area contributed by atoms with E-state index < -0.39 is 0 Å². The van der Waals surface area contributed by atoms with E-state index in [0.717, 1.165) is 50.3 Å². The van der Waals surface area contributed by atoms with Crippen LogP contribution in [-0.4, -0.2) is 53.0 Å². The van der Waals surface area contributed by atoms with Crippen LogP contribution in [-0.2, 0) is 9.53 Å². The Hall–Kier alpha value is -2.12. The number of rotatable bonds is 4. The summed E-state index contributed by atoms with van der Waals surface area (Å²) in [4.78, 5) is 19.0. The van der Waals surface area contributed by atoms with E-state index in [1.165, 1.54) is 0 Å². The number of carbonyl (C=O) groups is 1. The lowest BCUT2D eigenvalue weighted by Gasteiger charge is -2.34. The van der Waals surface area contributed by atoms with Crippen molar-refractivity contribution in [2.75, 3.05) is 31.2 Å². The number of carbonyl (C=O) groups excluding carboxylic acids is 1. The number of halogens is 1. The second kappa shape index (κ2) is 7.63. The van der Waals surface area contributed by atoms with Crippen LogP contribution in [0.1, 0.15) is 19.3 Å². The predicted molar refractivity (Wildman–Crippen MR) is 98.7 cm³/mol. The minimum atomic E-state index is 0.0612. The predicted octanol–water partition coefficient (Wildman–Crippen LogP) is 2.04. The number of nitrogens with one attached hydrogen (secondary N) is 1. The maximum Gasteiger partial charge on any atom is 0.223 e. The SMILES string of the molecule is O=C(N[C@H]1CCOC1)C1CCN(c2cnccc2-n2cc(Cl)cn2)CC1. The van der Waals surface area contributed by atoms with Gasteiger partial charge in [0.15, 0.2) is 0 Å². The first kappa shape index (κ1) is 17.3. The lowest BCUT2D eigenvalue weighted by molar-refractivity contribution is -0.126. The zero-order valence-corrected chi connectivity index (χ0v) is 15.2. The average Bonchev–Trinajstić information content (AvgIpc) is 3.33. The van der Waals surface area contributed by atoms with Crippen LogP contribution in [0, 0.1) is 5.92 Å². The Morgan fingerprint density at radius 3 is 2.77 bits per heavy atom. The highest BCUT2D eigenvalue weighted by Crippen LogP contribution is 2.28. The maximum atomic E-state index is 12.5. The zero-order chi connectivity index (χ0) is 17.9. The second-order valence-electron chi connectivity index (χ2n) is 6.80. The van der Waals surface area contributed by atoms with Crippen LogP contribution in [0.4, 0.5) is 5.69 Å². The summed E-state index contributed by atoms with van der Waals surface area (Å²) in [6.07, 6.45) is 9.57. The van der Waals surface area contributed by atoms with Crippen LogP contribution >= 0.6 is 11.6 Å².